The number of pyridine rings is 1. The molecule has 0 spiro atoms. The quantitative estimate of drug-likeness (QED) is 0.635. The van der Waals surface area contributed by atoms with Gasteiger partial charge in [-0.15, -0.1) is 0 Å². The van der Waals surface area contributed by atoms with Crippen LogP contribution in [-0.4, -0.2) is 18.1 Å². The normalized spacial score (nSPS) is 11.3. The van der Waals surface area contributed by atoms with Crippen molar-refractivity contribution in [3.05, 3.63) is 53.2 Å². The van der Waals surface area contributed by atoms with Crippen LogP contribution >= 0.6 is 0 Å². The molecule has 0 unspecified atom stereocenters. The van der Waals surface area contributed by atoms with E-state index in [1.807, 2.05) is 12.1 Å². The lowest BCUT2D eigenvalue weighted by atomic mass is 10.0. The van der Waals surface area contributed by atoms with Crippen molar-refractivity contribution in [2.24, 2.45) is 10.7 Å². The van der Waals surface area contributed by atoms with Crippen LogP contribution in [0, 0.1) is 0 Å². The van der Waals surface area contributed by atoms with Gasteiger partial charge in [0.05, 0.1) is 13.7 Å². The number of aromatic nitrogens is 1. The number of aliphatic imine (C=N–C) groups is 1. The SMILES string of the molecule is CCc1cccc(CC)c1NC(N)=NCc1ccnc(OC)c1. The van der Waals surface area contributed by atoms with E-state index in [2.05, 4.69) is 47.3 Å². The smallest absolute Gasteiger partial charge is 0.213 e. The summed E-state index contributed by atoms with van der Waals surface area (Å²) in [5.74, 6) is 0.991. The minimum atomic E-state index is 0.413. The molecule has 0 saturated carbocycles. The van der Waals surface area contributed by atoms with Gasteiger partial charge in [0, 0.05) is 18.0 Å². The lowest BCUT2D eigenvalue weighted by Gasteiger charge is -2.14. The van der Waals surface area contributed by atoms with E-state index >= 15 is 0 Å². The number of anilines is 1. The Morgan fingerprint density at radius 1 is 1.22 bits per heavy atom. The summed E-state index contributed by atoms with van der Waals surface area (Å²) in [6, 6.07) is 10.1. The molecule has 1 aromatic heterocycles. The van der Waals surface area contributed by atoms with Gasteiger partial charge in [0.25, 0.3) is 0 Å². The van der Waals surface area contributed by atoms with Crippen LogP contribution in [0.25, 0.3) is 0 Å². The maximum atomic E-state index is 6.06. The molecule has 5 nitrogen and oxygen atoms in total. The van der Waals surface area contributed by atoms with Gasteiger partial charge < -0.3 is 15.8 Å². The second-order valence-corrected chi connectivity index (χ2v) is 5.19. The second kappa shape index (κ2) is 8.17. The highest BCUT2D eigenvalue weighted by atomic mass is 16.5. The van der Waals surface area contributed by atoms with Gasteiger partial charge in [-0.25, -0.2) is 9.98 Å². The number of nitrogens with one attached hydrogen (secondary N) is 1. The Morgan fingerprint density at radius 3 is 2.52 bits per heavy atom. The van der Waals surface area contributed by atoms with Gasteiger partial charge in [-0.2, -0.15) is 0 Å². The van der Waals surface area contributed by atoms with Crippen LogP contribution in [0.5, 0.6) is 5.88 Å². The Hall–Kier alpha value is -2.56. The van der Waals surface area contributed by atoms with Crippen LogP contribution in [0.15, 0.2) is 41.5 Å². The molecule has 0 bridgehead atoms. The van der Waals surface area contributed by atoms with Gasteiger partial charge in [0.1, 0.15) is 0 Å². The first-order valence-electron chi connectivity index (χ1n) is 7.84. The van der Waals surface area contributed by atoms with Gasteiger partial charge in [-0.05, 0) is 35.6 Å². The monoisotopic (exact) mass is 312 g/mol. The number of aryl methyl sites for hydroxylation is 2. The zero-order valence-corrected chi connectivity index (χ0v) is 14.0. The zero-order valence-electron chi connectivity index (χ0n) is 14.0. The molecule has 0 aliphatic heterocycles. The fraction of sp³-hybridized carbons (Fsp3) is 0.333. The molecule has 2 aromatic rings. The van der Waals surface area contributed by atoms with E-state index in [0.717, 1.165) is 24.1 Å². The van der Waals surface area contributed by atoms with Gasteiger partial charge in [-0.3, -0.25) is 0 Å². The first-order chi connectivity index (χ1) is 11.2. The number of methoxy groups -OCH3 is 1. The molecule has 0 atom stereocenters. The highest BCUT2D eigenvalue weighted by Gasteiger charge is 2.07. The van der Waals surface area contributed by atoms with E-state index in [1.165, 1.54) is 11.1 Å². The first kappa shape index (κ1) is 16.8. The first-order valence-corrected chi connectivity index (χ1v) is 7.84. The Balaban J connectivity index is 2.13. The Labute approximate surface area is 137 Å². The number of ether oxygens (including phenoxy) is 1. The summed E-state index contributed by atoms with van der Waals surface area (Å²) in [7, 11) is 1.60. The maximum absolute atomic E-state index is 6.06. The second-order valence-electron chi connectivity index (χ2n) is 5.19. The number of guanidine groups is 1. The third kappa shape index (κ3) is 4.45. The molecular formula is C18H24N4O. The summed E-state index contributed by atoms with van der Waals surface area (Å²) >= 11 is 0. The summed E-state index contributed by atoms with van der Waals surface area (Å²) in [6.07, 6.45) is 3.60. The fourth-order valence-electron chi connectivity index (χ4n) is 2.41. The van der Waals surface area contributed by atoms with Crippen LogP contribution in [0.1, 0.15) is 30.5 Å². The largest absolute Gasteiger partial charge is 0.481 e. The predicted molar refractivity (Wildman–Crippen MR) is 94.9 cm³/mol. The highest BCUT2D eigenvalue weighted by molar-refractivity contribution is 5.93. The molecule has 122 valence electrons. The van der Waals surface area contributed by atoms with Gasteiger partial charge in [0.15, 0.2) is 5.96 Å². The van der Waals surface area contributed by atoms with Crippen LogP contribution < -0.4 is 15.8 Å². The van der Waals surface area contributed by atoms with Crippen LogP contribution in [0.3, 0.4) is 0 Å². The molecule has 0 radical (unpaired) electrons. The summed E-state index contributed by atoms with van der Waals surface area (Å²) < 4.78 is 5.11. The highest BCUT2D eigenvalue weighted by Crippen LogP contribution is 2.22. The predicted octanol–water partition coefficient (Wildman–Crippen LogP) is 3.14. The molecule has 1 aromatic carbocycles. The molecular weight excluding hydrogens is 288 g/mol. The number of nitrogens with zero attached hydrogens (tertiary/aromatic N) is 2. The molecule has 0 aliphatic carbocycles. The number of hydrogen-bond donors (Lipinski definition) is 2. The average molecular weight is 312 g/mol. The Morgan fingerprint density at radius 2 is 1.91 bits per heavy atom. The molecule has 2 rings (SSSR count). The number of nitrogens with two attached hydrogens (primary N) is 1. The van der Waals surface area contributed by atoms with Crippen molar-refractivity contribution in [2.75, 3.05) is 12.4 Å². The lowest BCUT2D eigenvalue weighted by molar-refractivity contribution is 0.397. The molecule has 0 fully saturated rings. The number of hydrogen-bond acceptors (Lipinski definition) is 3. The van der Waals surface area contributed by atoms with Crippen LogP contribution in [0.2, 0.25) is 0 Å². The van der Waals surface area contributed by atoms with Crippen molar-refractivity contribution < 1.29 is 4.74 Å². The average Bonchev–Trinajstić information content (AvgIpc) is 2.60. The molecule has 0 saturated heterocycles. The van der Waals surface area contributed by atoms with Crippen LogP contribution in [-0.2, 0) is 19.4 Å². The summed E-state index contributed by atoms with van der Waals surface area (Å²) in [6.45, 7) is 4.75. The third-order valence-corrected chi connectivity index (χ3v) is 3.69. The minimum Gasteiger partial charge on any atom is -0.481 e. The lowest BCUT2D eigenvalue weighted by Crippen LogP contribution is -2.24. The summed E-state index contributed by atoms with van der Waals surface area (Å²) in [5, 5.41) is 3.26. The van der Waals surface area contributed by atoms with Crippen molar-refractivity contribution in [2.45, 2.75) is 33.2 Å². The maximum Gasteiger partial charge on any atom is 0.213 e. The Kier molecular flexibility index (Phi) is 5.97. The molecule has 5 heteroatoms. The van der Waals surface area contributed by atoms with Crippen molar-refractivity contribution >= 4 is 11.6 Å². The third-order valence-electron chi connectivity index (χ3n) is 3.69. The standard InChI is InChI=1S/C18H24N4O/c1-4-14-7-6-8-15(5-2)17(14)22-18(19)21-12-13-9-10-20-16(11-13)23-3/h6-11H,4-5,12H2,1-3H3,(H3,19,21,22). The topological polar surface area (TPSA) is 72.5 Å². The molecule has 23 heavy (non-hydrogen) atoms. The van der Waals surface area contributed by atoms with Crippen molar-refractivity contribution in [3.63, 3.8) is 0 Å². The number of para-hydroxylation sites is 1. The van der Waals surface area contributed by atoms with E-state index in [9.17, 15) is 0 Å². The number of benzene rings is 1. The minimum absolute atomic E-state index is 0.413. The summed E-state index contributed by atoms with van der Waals surface area (Å²) in [4.78, 5) is 8.50. The fourth-order valence-corrected chi connectivity index (χ4v) is 2.41. The zero-order chi connectivity index (χ0) is 16.7. The van der Waals surface area contributed by atoms with Gasteiger partial charge >= 0.3 is 0 Å². The van der Waals surface area contributed by atoms with Crippen molar-refractivity contribution in [1.82, 2.24) is 4.98 Å². The van der Waals surface area contributed by atoms with Gasteiger partial charge in [-0.1, -0.05) is 32.0 Å². The molecule has 0 amide bonds. The van der Waals surface area contributed by atoms with E-state index in [-0.39, 0.29) is 0 Å². The molecule has 0 aliphatic rings. The molecule has 3 N–H and O–H groups in total. The number of rotatable bonds is 6. The van der Waals surface area contributed by atoms with Crippen molar-refractivity contribution in [3.8, 4) is 5.88 Å². The Bertz CT molecular complexity index is 660. The van der Waals surface area contributed by atoms with Crippen LogP contribution in [0.4, 0.5) is 5.69 Å². The summed E-state index contributed by atoms with van der Waals surface area (Å²) in [5.41, 5.74) is 10.6. The van der Waals surface area contributed by atoms with E-state index < -0.39 is 0 Å². The van der Waals surface area contributed by atoms with E-state index in [0.29, 0.717) is 18.4 Å². The molecule has 1 heterocycles. The van der Waals surface area contributed by atoms with E-state index in [4.69, 9.17) is 10.5 Å². The van der Waals surface area contributed by atoms with E-state index in [1.54, 1.807) is 13.3 Å². The van der Waals surface area contributed by atoms with Gasteiger partial charge in [0.2, 0.25) is 5.88 Å². The van der Waals surface area contributed by atoms with Crippen molar-refractivity contribution in [1.29, 1.82) is 0 Å².